The number of aromatic nitrogens is 1. The molecule has 0 fully saturated rings. The van der Waals surface area contributed by atoms with Crippen molar-refractivity contribution in [2.45, 2.75) is 0 Å². The largest absolute Gasteiger partial charge is 0.321 e. The van der Waals surface area contributed by atoms with Gasteiger partial charge in [-0.15, -0.1) is 0 Å². The fourth-order valence-electron chi connectivity index (χ4n) is 1.93. The minimum Gasteiger partial charge on any atom is -0.321 e. The monoisotopic (exact) mass is 334 g/mol. The van der Waals surface area contributed by atoms with Gasteiger partial charge in [-0.25, -0.2) is 13.2 Å². The van der Waals surface area contributed by atoms with Crippen molar-refractivity contribution in [2.75, 3.05) is 5.32 Å². The summed E-state index contributed by atoms with van der Waals surface area (Å²) < 4.78 is 43.3. The molecule has 116 valence electrons. The van der Waals surface area contributed by atoms with Crippen molar-refractivity contribution in [3.05, 3.63) is 70.9 Å². The summed E-state index contributed by atoms with van der Waals surface area (Å²) in [5.41, 5.74) is 1.15. The van der Waals surface area contributed by atoms with Crippen LogP contribution in [-0.4, -0.2) is 10.3 Å². The van der Waals surface area contributed by atoms with Crippen LogP contribution < -0.4 is 5.32 Å². The third kappa shape index (κ3) is 3.40. The third-order valence-electron chi connectivity index (χ3n) is 3.03. The van der Waals surface area contributed by atoms with Crippen LogP contribution in [-0.2, 0) is 0 Å². The molecule has 1 N–H and O–H groups in total. The summed E-state index contributed by atoms with van der Waals surface area (Å²) in [4.78, 5) is 12.4. The molecule has 0 saturated heterocycles. The maximum Gasteiger partial charge on any atom is 0.267 e. The van der Waals surface area contributed by atoms with E-state index in [4.69, 9.17) is 0 Å². The van der Waals surface area contributed by atoms with Crippen molar-refractivity contribution in [3.8, 4) is 11.3 Å². The van der Waals surface area contributed by atoms with Gasteiger partial charge in [0.2, 0.25) is 0 Å². The summed E-state index contributed by atoms with van der Waals surface area (Å²) in [5, 5.41) is 2.45. The first-order valence-corrected chi connectivity index (χ1v) is 7.29. The number of benzene rings is 2. The molecule has 1 amide bonds. The summed E-state index contributed by atoms with van der Waals surface area (Å²) in [6, 6.07) is 10.4. The Labute approximate surface area is 133 Å². The second kappa shape index (κ2) is 6.21. The van der Waals surface area contributed by atoms with Gasteiger partial charge in [0.25, 0.3) is 5.91 Å². The molecule has 0 aliphatic carbocycles. The van der Waals surface area contributed by atoms with E-state index in [0.717, 1.165) is 23.7 Å². The predicted molar refractivity (Wildman–Crippen MR) is 81.8 cm³/mol. The average Bonchev–Trinajstić information content (AvgIpc) is 3.01. The van der Waals surface area contributed by atoms with Gasteiger partial charge in [0.05, 0.1) is 5.69 Å². The Bertz CT molecular complexity index is 879. The molecule has 0 unspecified atom stereocenters. The lowest BCUT2D eigenvalue weighted by atomic mass is 10.1. The zero-order valence-electron chi connectivity index (χ0n) is 11.5. The maximum atomic E-state index is 13.2. The van der Waals surface area contributed by atoms with Gasteiger partial charge >= 0.3 is 0 Å². The van der Waals surface area contributed by atoms with Crippen molar-refractivity contribution >= 4 is 23.1 Å². The van der Waals surface area contributed by atoms with Crippen LogP contribution in [0.1, 0.15) is 9.67 Å². The zero-order chi connectivity index (χ0) is 16.4. The molecule has 3 aromatic rings. The molecule has 3 nitrogen and oxygen atoms in total. The van der Waals surface area contributed by atoms with Gasteiger partial charge in [-0.2, -0.15) is 4.37 Å². The van der Waals surface area contributed by atoms with Crippen LogP contribution in [0, 0.1) is 17.5 Å². The normalized spacial score (nSPS) is 10.6. The summed E-state index contributed by atoms with van der Waals surface area (Å²) in [5.74, 6) is -2.94. The predicted octanol–water partition coefficient (Wildman–Crippen LogP) is 4.48. The lowest BCUT2D eigenvalue weighted by molar-refractivity contribution is 0.103. The molecule has 1 heterocycles. The van der Waals surface area contributed by atoms with Gasteiger partial charge in [-0.3, -0.25) is 4.79 Å². The van der Waals surface area contributed by atoms with Crippen molar-refractivity contribution in [1.29, 1.82) is 0 Å². The van der Waals surface area contributed by atoms with Crippen molar-refractivity contribution < 1.29 is 18.0 Å². The van der Waals surface area contributed by atoms with Crippen molar-refractivity contribution in [2.24, 2.45) is 0 Å². The maximum absolute atomic E-state index is 13.2. The zero-order valence-corrected chi connectivity index (χ0v) is 12.3. The molecule has 0 radical (unpaired) electrons. The summed E-state index contributed by atoms with van der Waals surface area (Å²) in [6.45, 7) is 0. The average molecular weight is 334 g/mol. The van der Waals surface area contributed by atoms with E-state index < -0.39 is 23.4 Å². The first-order chi connectivity index (χ1) is 11.0. The van der Waals surface area contributed by atoms with Crippen LogP contribution in [0.15, 0.2) is 48.5 Å². The van der Waals surface area contributed by atoms with Crippen LogP contribution in [0.3, 0.4) is 0 Å². The minimum atomic E-state index is -1.05. The number of hydrogen-bond donors (Lipinski definition) is 1. The second-order valence-electron chi connectivity index (χ2n) is 4.67. The molecule has 0 saturated carbocycles. The molecule has 0 atom stereocenters. The molecule has 23 heavy (non-hydrogen) atoms. The molecule has 3 rings (SSSR count). The van der Waals surface area contributed by atoms with Gasteiger partial charge < -0.3 is 5.32 Å². The van der Waals surface area contributed by atoms with Crippen LogP contribution in [0.4, 0.5) is 18.9 Å². The Hall–Kier alpha value is -2.67. The molecule has 0 aliphatic rings. The van der Waals surface area contributed by atoms with Crippen molar-refractivity contribution in [1.82, 2.24) is 4.37 Å². The first-order valence-electron chi connectivity index (χ1n) is 6.52. The lowest BCUT2D eigenvalue weighted by Crippen LogP contribution is -2.10. The molecular formula is C16H9F3N2OS. The van der Waals surface area contributed by atoms with Gasteiger partial charge in [0.15, 0.2) is 11.6 Å². The summed E-state index contributed by atoms with van der Waals surface area (Å²) in [7, 11) is 0. The second-order valence-corrected chi connectivity index (χ2v) is 5.47. The van der Waals surface area contributed by atoms with E-state index in [1.54, 1.807) is 12.1 Å². The minimum absolute atomic E-state index is 0.134. The first kappa shape index (κ1) is 15.2. The summed E-state index contributed by atoms with van der Waals surface area (Å²) in [6.07, 6.45) is 0. The number of carbonyl (C=O) groups excluding carboxylic acids is 1. The number of hydrogen-bond acceptors (Lipinski definition) is 3. The summed E-state index contributed by atoms with van der Waals surface area (Å²) >= 11 is 0.933. The Morgan fingerprint density at radius 1 is 1.00 bits per heavy atom. The van der Waals surface area contributed by atoms with Crippen molar-refractivity contribution in [3.63, 3.8) is 0 Å². The number of rotatable bonds is 3. The number of carbonyl (C=O) groups is 1. The molecule has 0 bridgehead atoms. The van der Waals surface area contributed by atoms with Gasteiger partial charge in [-0.05, 0) is 41.9 Å². The van der Waals surface area contributed by atoms with E-state index in [-0.39, 0.29) is 10.6 Å². The standard InChI is InChI=1S/C16H9F3N2OS/c17-10-3-1-2-9(6-10)14-8-15(23-21-14)16(22)20-11-4-5-12(18)13(19)7-11/h1-8H,(H,20,22). The lowest BCUT2D eigenvalue weighted by Gasteiger charge is -2.03. The van der Waals surface area contributed by atoms with Crippen LogP contribution in [0.5, 0.6) is 0 Å². The molecular weight excluding hydrogens is 325 g/mol. The van der Waals surface area contributed by atoms with E-state index in [0.29, 0.717) is 11.3 Å². The highest BCUT2D eigenvalue weighted by Gasteiger charge is 2.13. The smallest absolute Gasteiger partial charge is 0.267 e. The SMILES string of the molecule is O=C(Nc1ccc(F)c(F)c1)c1cc(-c2cccc(F)c2)ns1. The Morgan fingerprint density at radius 2 is 1.83 bits per heavy atom. The molecule has 7 heteroatoms. The molecule has 1 aromatic heterocycles. The number of anilines is 1. The van der Waals surface area contributed by atoms with E-state index in [9.17, 15) is 18.0 Å². The molecule has 0 spiro atoms. The Balaban J connectivity index is 1.79. The fourth-order valence-corrected chi connectivity index (χ4v) is 2.59. The highest BCUT2D eigenvalue weighted by Crippen LogP contribution is 2.23. The Morgan fingerprint density at radius 3 is 2.57 bits per heavy atom. The van der Waals surface area contributed by atoms with Gasteiger partial charge in [0.1, 0.15) is 10.7 Å². The van der Waals surface area contributed by atoms with Crippen LogP contribution >= 0.6 is 11.5 Å². The van der Waals surface area contributed by atoms with Crippen LogP contribution in [0.25, 0.3) is 11.3 Å². The number of nitrogens with one attached hydrogen (secondary N) is 1. The fraction of sp³-hybridized carbons (Fsp3) is 0. The van der Waals surface area contributed by atoms with E-state index in [1.807, 2.05) is 0 Å². The highest BCUT2D eigenvalue weighted by molar-refractivity contribution is 7.08. The van der Waals surface area contributed by atoms with E-state index in [1.165, 1.54) is 24.3 Å². The quantitative estimate of drug-likeness (QED) is 0.767. The molecule has 0 aliphatic heterocycles. The number of amides is 1. The van der Waals surface area contributed by atoms with Gasteiger partial charge in [0, 0.05) is 17.3 Å². The third-order valence-corrected chi connectivity index (χ3v) is 3.82. The highest BCUT2D eigenvalue weighted by atomic mass is 32.1. The number of nitrogens with zero attached hydrogens (tertiary/aromatic N) is 1. The molecule has 2 aromatic carbocycles. The Kier molecular flexibility index (Phi) is 4.12. The van der Waals surface area contributed by atoms with Crippen LogP contribution in [0.2, 0.25) is 0 Å². The van der Waals surface area contributed by atoms with E-state index >= 15 is 0 Å². The van der Waals surface area contributed by atoms with E-state index in [2.05, 4.69) is 9.69 Å². The topological polar surface area (TPSA) is 42.0 Å². The van der Waals surface area contributed by atoms with Gasteiger partial charge in [-0.1, -0.05) is 12.1 Å². The number of halogens is 3.